The predicted octanol–water partition coefficient (Wildman–Crippen LogP) is 5.14. The molecular weight excluding hydrogens is 475 g/mol. The van der Waals surface area contributed by atoms with E-state index in [-0.39, 0.29) is 12.2 Å². The van der Waals surface area contributed by atoms with E-state index < -0.39 is 17.6 Å². The lowest BCUT2D eigenvalue weighted by molar-refractivity contribution is -0.137. The number of halogens is 3. The monoisotopic (exact) mass is 497 g/mol. The van der Waals surface area contributed by atoms with Crippen molar-refractivity contribution in [2.45, 2.75) is 6.18 Å². The highest BCUT2D eigenvalue weighted by molar-refractivity contribution is 7.21. The minimum atomic E-state index is -4.53. The number of thiophene rings is 1. The van der Waals surface area contributed by atoms with Gasteiger partial charge in [-0.2, -0.15) is 13.2 Å². The molecule has 0 saturated carbocycles. The van der Waals surface area contributed by atoms with Gasteiger partial charge in [-0.3, -0.25) is 9.69 Å². The van der Waals surface area contributed by atoms with E-state index in [9.17, 15) is 18.0 Å². The first kappa shape index (κ1) is 23.3. The molecule has 3 heterocycles. The Balaban J connectivity index is 1.23. The SMILES string of the molecule is O=C(CN1CCN(c2ncnc3sc(-c4ccccc4)cc23)CC1)Nc1ccccc1C(F)(F)F. The number of amides is 1. The lowest BCUT2D eigenvalue weighted by Crippen LogP contribution is -2.49. The molecular formula is C25H22F3N5OS. The van der Waals surface area contributed by atoms with Crippen LogP contribution < -0.4 is 10.2 Å². The molecule has 1 aliphatic rings. The molecule has 0 spiro atoms. The van der Waals surface area contributed by atoms with E-state index in [0.29, 0.717) is 26.2 Å². The molecule has 0 atom stereocenters. The van der Waals surface area contributed by atoms with Gasteiger partial charge in [-0.1, -0.05) is 42.5 Å². The molecule has 2 aromatic heterocycles. The third-order valence-corrected chi connectivity index (χ3v) is 7.00. The first-order valence-corrected chi connectivity index (χ1v) is 11.9. The minimum Gasteiger partial charge on any atom is -0.353 e. The third kappa shape index (κ3) is 5.13. The second kappa shape index (κ2) is 9.63. The number of hydrogen-bond acceptors (Lipinski definition) is 6. The zero-order chi connectivity index (χ0) is 24.4. The number of nitrogens with one attached hydrogen (secondary N) is 1. The molecule has 180 valence electrons. The molecule has 1 amide bonds. The Labute approximate surface area is 204 Å². The van der Waals surface area contributed by atoms with Crippen molar-refractivity contribution in [2.24, 2.45) is 0 Å². The lowest BCUT2D eigenvalue weighted by atomic mass is 10.1. The standard InChI is InChI=1S/C25H22F3N5OS/c26-25(27,28)19-8-4-5-9-20(19)31-22(34)15-32-10-12-33(13-11-32)23-18-14-21(17-6-2-1-3-7-17)35-24(18)30-16-29-23/h1-9,14,16H,10-13,15H2,(H,31,34). The molecule has 2 aromatic carbocycles. The maximum atomic E-state index is 13.2. The fourth-order valence-corrected chi connectivity index (χ4v) is 5.19. The lowest BCUT2D eigenvalue weighted by Gasteiger charge is -2.35. The fourth-order valence-electron chi connectivity index (χ4n) is 4.19. The second-order valence-electron chi connectivity index (χ2n) is 8.25. The van der Waals surface area contributed by atoms with Crippen LogP contribution >= 0.6 is 11.3 Å². The molecule has 35 heavy (non-hydrogen) atoms. The molecule has 0 aliphatic carbocycles. The van der Waals surface area contributed by atoms with Crippen molar-refractivity contribution in [1.29, 1.82) is 0 Å². The maximum Gasteiger partial charge on any atom is 0.418 e. The first-order chi connectivity index (χ1) is 16.9. The number of piperazine rings is 1. The number of anilines is 2. The van der Waals surface area contributed by atoms with Crippen LogP contribution in [0.1, 0.15) is 5.56 Å². The van der Waals surface area contributed by atoms with Gasteiger partial charge in [-0.15, -0.1) is 11.3 Å². The summed E-state index contributed by atoms with van der Waals surface area (Å²) in [5.74, 6) is 0.390. The van der Waals surface area contributed by atoms with Crippen molar-refractivity contribution in [3.8, 4) is 10.4 Å². The summed E-state index contributed by atoms with van der Waals surface area (Å²) in [6.07, 6.45) is -2.96. The summed E-state index contributed by atoms with van der Waals surface area (Å²) in [4.78, 5) is 27.6. The Bertz CT molecular complexity index is 1330. The Morgan fingerprint density at radius 3 is 2.43 bits per heavy atom. The average molecular weight is 498 g/mol. The van der Waals surface area contributed by atoms with Gasteiger partial charge in [0.1, 0.15) is 17.0 Å². The Hall–Kier alpha value is -3.50. The van der Waals surface area contributed by atoms with Crippen molar-refractivity contribution in [3.05, 3.63) is 72.6 Å². The van der Waals surface area contributed by atoms with E-state index in [0.717, 1.165) is 32.5 Å². The molecule has 5 rings (SSSR count). The number of carbonyl (C=O) groups is 1. The number of para-hydroxylation sites is 1. The predicted molar refractivity (Wildman–Crippen MR) is 132 cm³/mol. The van der Waals surface area contributed by atoms with E-state index in [1.807, 2.05) is 23.1 Å². The molecule has 1 aliphatic heterocycles. The van der Waals surface area contributed by atoms with Crippen LogP contribution in [0.4, 0.5) is 24.7 Å². The molecule has 1 fully saturated rings. The number of carbonyl (C=O) groups excluding carboxylic acids is 1. The molecule has 4 aromatic rings. The zero-order valence-corrected chi connectivity index (χ0v) is 19.4. The van der Waals surface area contributed by atoms with Gasteiger partial charge in [0.2, 0.25) is 5.91 Å². The van der Waals surface area contributed by atoms with E-state index in [2.05, 4.69) is 38.4 Å². The minimum absolute atomic E-state index is 0.0236. The van der Waals surface area contributed by atoms with E-state index in [1.54, 1.807) is 17.7 Å². The van der Waals surface area contributed by atoms with Crippen LogP contribution in [0.15, 0.2) is 67.0 Å². The van der Waals surface area contributed by atoms with Crippen LogP contribution in [0.3, 0.4) is 0 Å². The van der Waals surface area contributed by atoms with Crippen molar-refractivity contribution in [1.82, 2.24) is 14.9 Å². The van der Waals surface area contributed by atoms with Gasteiger partial charge in [0.15, 0.2) is 0 Å². The van der Waals surface area contributed by atoms with Gasteiger partial charge in [0.05, 0.1) is 23.2 Å². The molecule has 0 unspecified atom stereocenters. The fraction of sp³-hybridized carbons (Fsp3) is 0.240. The number of rotatable bonds is 5. The smallest absolute Gasteiger partial charge is 0.353 e. The highest BCUT2D eigenvalue weighted by Crippen LogP contribution is 2.36. The van der Waals surface area contributed by atoms with Crippen LogP contribution in [0.5, 0.6) is 0 Å². The zero-order valence-electron chi connectivity index (χ0n) is 18.6. The molecule has 10 heteroatoms. The van der Waals surface area contributed by atoms with Crippen molar-refractivity contribution >= 4 is 39.0 Å². The summed E-state index contributed by atoms with van der Waals surface area (Å²) in [6.45, 7) is 2.50. The van der Waals surface area contributed by atoms with Crippen LogP contribution in [0.25, 0.3) is 20.7 Å². The van der Waals surface area contributed by atoms with Crippen LogP contribution in [-0.4, -0.2) is 53.5 Å². The Morgan fingerprint density at radius 1 is 0.971 bits per heavy atom. The average Bonchev–Trinajstić information content (AvgIpc) is 3.29. The molecule has 0 radical (unpaired) electrons. The van der Waals surface area contributed by atoms with Gasteiger partial charge >= 0.3 is 6.18 Å². The second-order valence-corrected chi connectivity index (χ2v) is 9.28. The quantitative estimate of drug-likeness (QED) is 0.414. The third-order valence-electron chi connectivity index (χ3n) is 5.91. The van der Waals surface area contributed by atoms with Crippen molar-refractivity contribution in [2.75, 3.05) is 42.9 Å². The van der Waals surface area contributed by atoms with Gasteiger partial charge in [-0.25, -0.2) is 9.97 Å². The largest absolute Gasteiger partial charge is 0.418 e. The molecule has 0 bridgehead atoms. The number of aromatic nitrogens is 2. The maximum absolute atomic E-state index is 13.2. The normalized spacial score (nSPS) is 14.9. The van der Waals surface area contributed by atoms with Crippen molar-refractivity contribution < 1.29 is 18.0 Å². The molecule has 1 N–H and O–H groups in total. The van der Waals surface area contributed by atoms with E-state index in [1.165, 1.54) is 18.2 Å². The molecule has 6 nitrogen and oxygen atoms in total. The van der Waals surface area contributed by atoms with Gasteiger partial charge in [0, 0.05) is 31.1 Å². The Morgan fingerprint density at radius 2 is 1.69 bits per heavy atom. The number of hydrogen-bond donors (Lipinski definition) is 1. The van der Waals surface area contributed by atoms with Crippen molar-refractivity contribution in [3.63, 3.8) is 0 Å². The summed E-state index contributed by atoms with van der Waals surface area (Å²) in [6, 6.07) is 17.2. The van der Waals surface area contributed by atoms with E-state index in [4.69, 9.17) is 0 Å². The first-order valence-electron chi connectivity index (χ1n) is 11.1. The summed E-state index contributed by atoms with van der Waals surface area (Å²) in [7, 11) is 0. The molecule has 1 saturated heterocycles. The number of benzene rings is 2. The van der Waals surface area contributed by atoms with Crippen LogP contribution in [-0.2, 0) is 11.0 Å². The summed E-state index contributed by atoms with van der Waals surface area (Å²) < 4.78 is 39.6. The highest BCUT2D eigenvalue weighted by Gasteiger charge is 2.33. The highest BCUT2D eigenvalue weighted by atomic mass is 32.1. The number of alkyl halides is 3. The number of nitrogens with zero attached hydrogens (tertiary/aromatic N) is 4. The summed E-state index contributed by atoms with van der Waals surface area (Å²) >= 11 is 1.62. The van der Waals surface area contributed by atoms with Gasteiger partial charge in [0.25, 0.3) is 0 Å². The van der Waals surface area contributed by atoms with E-state index >= 15 is 0 Å². The van der Waals surface area contributed by atoms with Gasteiger partial charge in [-0.05, 0) is 23.8 Å². The summed E-state index contributed by atoms with van der Waals surface area (Å²) in [5, 5.41) is 3.41. The van der Waals surface area contributed by atoms with Gasteiger partial charge < -0.3 is 10.2 Å². The number of fused-ring (bicyclic) bond motifs is 1. The Kier molecular flexibility index (Phi) is 6.40. The topological polar surface area (TPSA) is 61.4 Å². The van der Waals surface area contributed by atoms with Crippen LogP contribution in [0, 0.1) is 0 Å². The van der Waals surface area contributed by atoms with Crippen LogP contribution in [0.2, 0.25) is 0 Å². The summed E-state index contributed by atoms with van der Waals surface area (Å²) in [5.41, 5.74) is 0.0552.